The summed E-state index contributed by atoms with van der Waals surface area (Å²) in [7, 11) is 0. The normalized spacial score (nSPS) is 19.1. The second-order valence-corrected chi connectivity index (χ2v) is 8.40. The van der Waals surface area contributed by atoms with Crippen molar-refractivity contribution in [3.63, 3.8) is 0 Å². The number of hydrogen-bond donors (Lipinski definition) is 1. The zero-order chi connectivity index (χ0) is 16.3. The van der Waals surface area contributed by atoms with Crippen LogP contribution in [0.4, 0.5) is 0 Å². The largest absolute Gasteiger partial charge is 0.385 e. The summed E-state index contributed by atoms with van der Waals surface area (Å²) in [6, 6.07) is 16.7. The summed E-state index contributed by atoms with van der Waals surface area (Å²) in [4.78, 5) is 0. The summed E-state index contributed by atoms with van der Waals surface area (Å²) in [5.41, 5.74) is 2.05. The Balaban J connectivity index is 0.000000136. The van der Waals surface area contributed by atoms with Crippen LogP contribution in [-0.2, 0) is 5.60 Å². The van der Waals surface area contributed by atoms with E-state index in [0.717, 1.165) is 35.2 Å². The fraction of sp³-hybridized carbons (Fsp3) is 0.400. The van der Waals surface area contributed by atoms with Gasteiger partial charge in [-0.1, -0.05) is 62.5 Å². The van der Waals surface area contributed by atoms with E-state index in [1.165, 1.54) is 29.3 Å². The summed E-state index contributed by atoms with van der Waals surface area (Å²) < 4.78 is 2.25. The van der Waals surface area contributed by atoms with Crippen molar-refractivity contribution in [3.05, 3.63) is 68.6 Å². The lowest BCUT2D eigenvalue weighted by Crippen LogP contribution is -2.33. The number of rotatable bonds is 2. The average Bonchev–Trinajstić information content (AvgIpc) is 2.47. The van der Waals surface area contributed by atoms with Gasteiger partial charge < -0.3 is 5.11 Å². The predicted molar refractivity (Wildman–Crippen MR) is 103 cm³/mol. The fourth-order valence-corrected chi connectivity index (χ4v) is 3.57. The molecule has 0 saturated heterocycles. The maximum Gasteiger partial charge on any atom is 0.0896 e. The summed E-state index contributed by atoms with van der Waals surface area (Å²) in [6.07, 6.45) is 7.17. The first-order valence-corrected chi connectivity index (χ1v) is 9.89. The average molecular weight is 438 g/mol. The molecular weight excluding hydrogens is 416 g/mol. The Morgan fingerprint density at radius 1 is 0.783 bits per heavy atom. The lowest BCUT2D eigenvalue weighted by Gasteiger charge is -2.37. The van der Waals surface area contributed by atoms with E-state index in [0.29, 0.717) is 0 Å². The molecule has 23 heavy (non-hydrogen) atoms. The maximum atomic E-state index is 9.96. The molecule has 0 radical (unpaired) electrons. The molecule has 0 aromatic heterocycles. The Morgan fingerprint density at radius 3 is 1.70 bits per heavy atom. The minimum absolute atomic E-state index is 0.513. The van der Waals surface area contributed by atoms with Crippen molar-refractivity contribution in [1.29, 1.82) is 0 Å². The molecule has 2 aromatic rings. The Labute approximate surface area is 155 Å². The molecule has 0 amide bonds. The van der Waals surface area contributed by atoms with Gasteiger partial charge in [0.25, 0.3) is 0 Å². The van der Waals surface area contributed by atoms with E-state index in [4.69, 9.17) is 0 Å². The Bertz CT molecular complexity index is 626. The molecule has 2 aromatic carbocycles. The molecular formula is C20H22Br2O. The van der Waals surface area contributed by atoms with Crippen LogP contribution in [0.5, 0.6) is 0 Å². The zero-order valence-electron chi connectivity index (χ0n) is 13.1. The molecule has 4 rings (SSSR count). The topological polar surface area (TPSA) is 20.2 Å². The van der Waals surface area contributed by atoms with Crippen molar-refractivity contribution < 1.29 is 5.11 Å². The molecule has 0 unspecified atom stereocenters. The molecule has 2 saturated carbocycles. The molecule has 122 valence electrons. The van der Waals surface area contributed by atoms with Crippen LogP contribution in [0.25, 0.3) is 0 Å². The molecule has 0 bridgehead atoms. The molecule has 1 N–H and O–H groups in total. The number of halogens is 2. The highest BCUT2D eigenvalue weighted by molar-refractivity contribution is 9.10. The lowest BCUT2D eigenvalue weighted by atomic mass is 9.75. The minimum Gasteiger partial charge on any atom is -0.385 e. The molecule has 2 aliphatic rings. The van der Waals surface area contributed by atoms with E-state index >= 15 is 0 Å². The van der Waals surface area contributed by atoms with E-state index in [9.17, 15) is 5.11 Å². The van der Waals surface area contributed by atoms with Gasteiger partial charge in [0.2, 0.25) is 0 Å². The first-order valence-electron chi connectivity index (χ1n) is 8.31. The van der Waals surface area contributed by atoms with Gasteiger partial charge >= 0.3 is 0 Å². The van der Waals surface area contributed by atoms with Crippen molar-refractivity contribution in [3.8, 4) is 0 Å². The third kappa shape index (κ3) is 4.26. The first kappa shape index (κ1) is 17.2. The van der Waals surface area contributed by atoms with Crippen LogP contribution in [0.15, 0.2) is 57.5 Å². The van der Waals surface area contributed by atoms with Crippen LogP contribution >= 0.6 is 31.9 Å². The third-order valence-corrected chi connectivity index (χ3v) is 6.07. The van der Waals surface area contributed by atoms with Gasteiger partial charge in [-0.15, -0.1) is 0 Å². The Kier molecular flexibility index (Phi) is 5.61. The van der Waals surface area contributed by atoms with Crippen LogP contribution in [0.3, 0.4) is 0 Å². The van der Waals surface area contributed by atoms with E-state index in [1.54, 1.807) is 0 Å². The van der Waals surface area contributed by atoms with Crippen LogP contribution in [0.2, 0.25) is 0 Å². The summed E-state index contributed by atoms with van der Waals surface area (Å²) in [5.74, 6) is 0.864. The van der Waals surface area contributed by atoms with E-state index < -0.39 is 5.60 Å². The Morgan fingerprint density at radius 2 is 1.30 bits per heavy atom. The van der Waals surface area contributed by atoms with Gasteiger partial charge in [-0.05, 0) is 73.4 Å². The van der Waals surface area contributed by atoms with Crippen LogP contribution in [-0.4, -0.2) is 5.11 Å². The highest BCUT2D eigenvalue weighted by Crippen LogP contribution is 2.41. The van der Waals surface area contributed by atoms with E-state index in [1.807, 2.05) is 24.3 Å². The van der Waals surface area contributed by atoms with Gasteiger partial charge in [0.05, 0.1) is 5.60 Å². The van der Waals surface area contributed by atoms with Gasteiger partial charge in [0.1, 0.15) is 0 Å². The van der Waals surface area contributed by atoms with Crippen molar-refractivity contribution >= 4 is 31.9 Å². The molecule has 2 fully saturated rings. The van der Waals surface area contributed by atoms with Gasteiger partial charge in [-0.25, -0.2) is 0 Å². The first-order chi connectivity index (χ1) is 11.1. The molecule has 1 nitrogen and oxygen atoms in total. The smallest absolute Gasteiger partial charge is 0.0896 e. The molecule has 2 aliphatic carbocycles. The van der Waals surface area contributed by atoms with E-state index in [-0.39, 0.29) is 0 Å². The van der Waals surface area contributed by atoms with Crippen LogP contribution < -0.4 is 0 Å². The van der Waals surface area contributed by atoms with Gasteiger partial charge in [-0.3, -0.25) is 0 Å². The number of hydrogen-bond acceptors (Lipinski definition) is 1. The molecule has 0 aliphatic heterocycles. The highest BCUT2D eigenvalue weighted by Gasteiger charge is 2.35. The molecule has 0 heterocycles. The SMILES string of the molecule is Brc1ccc(C2CCC2)cc1.OC1(c2ccc(Br)cc2)CCC1. The summed E-state index contributed by atoms with van der Waals surface area (Å²) in [6.45, 7) is 0. The third-order valence-electron chi connectivity index (χ3n) is 5.01. The second kappa shape index (κ2) is 7.50. The lowest BCUT2D eigenvalue weighted by molar-refractivity contribution is -0.0388. The molecule has 0 atom stereocenters. The van der Waals surface area contributed by atoms with Gasteiger partial charge in [0, 0.05) is 8.95 Å². The standard InChI is InChI=1S/C10H11BrO.C10H11Br/c11-9-4-2-8(3-5-9)10(12)6-1-7-10;11-10-6-4-9(5-7-10)8-2-1-3-8/h2-5,12H,1,6-7H2;4-8H,1-3H2. The van der Waals surface area contributed by atoms with Crippen molar-refractivity contribution in [2.45, 2.75) is 50.0 Å². The van der Waals surface area contributed by atoms with Crippen molar-refractivity contribution in [2.75, 3.05) is 0 Å². The van der Waals surface area contributed by atoms with Crippen molar-refractivity contribution in [2.24, 2.45) is 0 Å². The summed E-state index contributed by atoms with van der Waals surface area (Å²) >= 11 is 6.80. The van der Waals surface area contributed by atoms with Gasteiger partial charge in [-0.2, -0.15) is 0 Å². The zero-order valence-corrected chi connectivity index (χ0v) is 16.3. The Hall–Kier alpha value is -0.640. The quantitative estimate of drug-likeness (QED) is 0.565. The summed E-state index contributed by atoms with van der Waals surface area (Å²) in [5, 5.41) is 9.96. The molecule has 0 spiro atoms. The van der Waals surface area contributed by atoms with Crippen molar-refractivity contribution in [1.82, 2.24) is 0 Å². The minimum atomic E-state index is -0.513. The predicted octanol–water partition coefficient (Wildman–Crippen LogP) is 6.54. The molecule has 3 heteroatoms. The second-order valence-electron chi connectivity index (χ2n) is 6.57. The van der Waals surface area contributed by atoms with Gasteiger partial charge in [0.15, 0.2) is 0 Å². The monoisotopic (exact) mass is 436 g/mol. The van der Waals surface area contributed by atoms with E-state index in [2.05, 4.69) is 56.1 Å². The van der Waals surface area contributed by atoms with Crippen LogP contribution in [0.1, 0.15) is 55.6 Å². The maximum absolute atomic E-state index is 9.96. The van der Waals surface area contributed by atoms with Crippen LogP contribution in [0, 0.1) is 0 Å². The number of benzene rings is 2. The fourth-order valence-electron chi connectivity index (χ4n) is 3.04. The highest BCUT2D eigenvalue weighted by atomic mass is 79.9. The number of aliphatic hydroxyl groups is 1.